The first kappa shape index (κ1) is 26.2. The van der Waals surface area contributed by atoms with E-state index in [0.29, 0.717) is 18.3 Å². The molecule has 0 aliphatic carbocycles. The highest BCUT2D eigenvalue weighted by atomic mass is 16.5. The van der Waals surface area contributed by atoms with Crippen LogP contribution < -0.4 is 20.5 Å². The summed E-state index contributed by atoms with van der Waals surface area (Å²) in [6.07, 6.45) is 3.52. The number of aliphatic imine (C=N–C) groups is 1. The normalized spacial score (nSPS) is 10.1. The van der Waals surface area contributed by atoms with Crippen LogP contribution in [0.15, 0.2) is 35.3 Å². The second kappa shape index (κ2) is 16.2. The Morgan fingerprint density at radius 2 is 1.48 bits per heavy atom. The van der Waals surface area contributed by atoms with E-state index in [2.05, 4.69) is 51.5 Å². The number of guanidine groups is 1. The molecule has 0 saturated carbocycles. The number of ether oxygens (including phenoxy) is 2. The van der Waals surface area contributed by atoms with Crippen molar-refractivity contribution in [2.45, 2.75) is 60.4 Å². The molecule has 162 valence electrons. The van der Waals surface area contributed by atoms with Crippen LogP contribution in [0.2, 0.25) is 0 Å². The minimum atomic E-state index is 0.227. The predicted molar refractivity (Wildman–Crippen MR) is 122 cm³/mol. The molecule has 0 bridgehead atoms. The number of aromatic nitrogens is 2. The first-order valence-corrected chi connectivity index (χ1v) is 10.3. The lowest BCUT2D eigenvalue weighted by atomic mass is 10.1. The summed E-state index contributed by atoms with van der Waals surface area (Å²) in [5.74, 6) is 1.26. The van der Waals surface area contributed by atoms with E-state index < -0.39 is 0 Å². The van der Waals surface area contributed by atoms with E-state index in [9.17, 15) is 0 Å². The van der Waals surface area contributed by atoms with Gasteiger partial charge in [0.2, 0.25) is 17.7 Å². The minimum absolute atomic E-state index is 0.227. The Morgan fingerprint density at radius 1 is 0.966 bits per heavy atom. The maximum atomic E-state index is 5.91. The van der Waals surface area contributed by atoms with E-state index in [-0.39, 0.29) is 11.9 Å². The van der Waals surface area contributed by atoms with Crippen LogP contribution in [0.4, 0.5) is 5.95 Å². The minimum Gasteiger partial charge on any atom is -0.481 e. The van der Waals surface area contributed by atoms with Gasteiger partial charge in [-0.15, -0.1) is 0 Å². The van der Waals surface area contributed by atoms with Crippen molar-refractivity contribution in [1.29, 1.82) is 0 Å². The van der Waals surface area contributed by atoms with Crippen molar-refractivity contribution in [3.63, 3.8) is 0 Å². The molecule has 7 nitrogen and oxygen atoms in total. The number of nitrogens with one attached hydrogen (secondary N) is 1. The second-order valence-electron chi connectivity index (χ2n) is 5.52. The number of benzene rings is 1. The number of unbranched alkanes of at least 4 members (excludes halogenated alkanes) is 1. The summed E-state index contributed by atoms with van der Waals surface area (Å²) in [6.45, 7) is 10.7. The van der Waals surface area contributed by atoms with Crippen LogP contribution in [0.25, 0.3) is 0 Å². The molecular formula is C22H37N5O2. The van der Waals surface area contributed by atoms with E-state index in [4.69, 9.17) is 15.2 Å². The number of nitrogens with zero attached hydrogens (tertiary/aromatic N) is 3. The molecule has 7 heteroatoms. The summed E-state index contributed by atoms with van der Waals surface area (Å²) in [7, 11) is 3.04. The van der Waals surface area contributed by atoms with Crippen molar-refractivity contribution in [3.8, 4) is 11.8 Å². The Labute approximate surface area is 175 Å². The van der Waals surface area contributed by atoms with E-state index >= 15 is 0 Å². The predicted octanol–water partition coefficient (Wildman–Crippen LogP) is 4.82. The van der Waals surface area contributed by atoms with Crippen molar-refractivity contribution in [1.82, 2.24) is 9.97 Å². The smallest absolute Gasteiger partial charge is 0.236 e. The number of hydrogen-bond donors (Lipinski definition) is 2. The number of anilines is 1. The molecule has 0 aliphatic heterocycles. The summed E-state index contributed by atoms with van der Waals surface area (Å²) >= 11 is 0. The molecule has 0 saturated heterocycles. The van der Waals surface area contributed by atoms with E-state index in [1.54, 1.807) is 6.07 Å². The SMILES string of the molecule is CC.CC.CCCCc1ccc(CN=C(N)Nc2nc(OC)cc(OC)n2)cc1. The maximum Gasteiger partial charge on any atom is 0.236 e. The van der Waals surface area contributed by atoms with Crippen LogP contribution in [0.5, 0.6) is 11.8 Å². The molecule has 1 aromatic carbocycles. The van der Waals surface area contributed by atoms with Crippen molar-refractivity contribution in [2.24, 2.45) is 10.7 Å². The molecule has 1 heterocycles. The Hall–Kier alpha value is -2.83. The fourth-order valence-electron chi connectivity index (χ4n) is 2.19. The van der Waals surface area contributed by atoms with Crippen LogP contribution in [-0.2, 0) is 13.0 Å². The number of aryl methyl sites for hydroxylation is 1. The van der Waals surface area contributed by atoms with Crippen LogP contribution in [0, 0.1) is 0 Å². The molecule has 0 aliphatic rings. The number of methoxy groups -OCH3 is 2. The number of hydrogen-bond acceptors (Lipinski definition) is 5. The lowest BCUT2D eigenvalue weighted by Crippen LogP contribution is -2.24. The van der Waals surface area contributed by atoms with E-state index in [1.807, 2.05) is 27.7 Å². The summed E-state index contributed by atoms with van der Waals surface area (Å²) < 4.78 is 10.2. The number of rotatable bonds is 8. The third-order valence-electron chi connectivity index (χ3n) is 3.61. The van der Waals surface area contributed by atoms with E-state index in [1.165, 1.54) is 32.6 Å². The van der Waals surface area contributed by atoms with Gasteiger partial charge in [-0.25, -0.2) is 4.99 Å². The first-order valence-electron chi connectivity index (χ1n) is 10.3. The topological polar surface area (TPSA) is 94.7 Å². The van der Waals surface area contributed by atoms with Crippen molar-refractivity contribution in [2.75, 3.05) is 19.5 Å². The third-order valence-corrected chi connectivity index (χ3v) is 3.61. The van der Waals surface area contributed by atoms with Gasteiger partial charge in [0.25, 0.3) is 0 Å². The van der Waals surface area contributed by atoms with E-state index in [0.717, 1.165) is 12.0 Å². The van der Waals surface area contributed by atoms with Crippen LogP contribution >= 0.6 is 0 Å². The monoisotopic (exact) mass is 403 g/mol. The highest BCUT2D eigenvalue weighted by molar-refractivity contribution is 5.90. The number of nitrogens with two attached hydrogens (primary N) is 1. The zero-order chi connectivity index (χ0) is 22.1. The van der Waals surface area contributed by atoms with Crippen LogP contribution in [0.3, 0.4) is 0 Å². The molecule has 2 aromatic rings. The molecule has 2 rings (SSSR count). The molecule has 0 amide bonds. The van der Waals surface area contributed by atoms with Gasteiger partial charge >= 0.3 is 0 Å². The molecule has 0 unspecified atom stereocenters. The quantitative estimate of drug-likeness (QED) is 0.485. The van der Waals surface area contributed by atoms with Gasteiger partial charge in [0.1, 0.15) is 0 Å². The summed E-state index contributed by atoms with van der Waals surface area (Å²) in [5.41, 5.74) is 8.35. The fourth-order valence-corrected chi connectivity index (χ4v) is 2.19. The Balaban J connectivity index is 0.00000184. The second-order valence-corrected chi connectivity index (χ2v) is 5.52. The molecular weight excluding hydrogens is 366 g/mol. The van der Waals surface area contributed by atoms with Gasteiger partial charge in [-0.1, -0.05) is 65.3 Å². The van der Waals surface area contributed by atoms with Gasteiger partial charge in [0.05, 0.1) is 26.8 Å². The van der Waals surface area contributed by atoms with Gasteiger partial charge in [-0.2, -0.15) is 9.97 Å². The van der Waals surface area contributed by atoms with Crippen molar-refractivity contribution < 1.29 is 9.47 Å². The first-order chi connectivity index (χ1) is 14.1. The van der Waals surface area contributed by atoms with Crippen LogP contribution in [0.1, 0.15) is 58.6 Å². The summed E-state index contributed by atoms with van der Waals surface area (Å²) in [6, 6.07) is 10.0. The van der Waals surface area contributed by atoms with Crippen molar-refractivity contribution in [3.05, 3.63) is 41.5 Å². The summed E-state index contributed by atoms with van der Waals surface area (Å²) in [4.78, 5) is 12.6. The molecule has 1 aromatic heterocycles. The Morgan fingerprint density at radius 3 is 1.97 bits per heavy atom. The average Bonchev–Trinajstić information content (AvgIpc) is 2.79. The molecule has 3 N–H and O–H groups in total. The summed E-state index contributed by atoms with van der Waals surface area (Å²) in [5, 5.41) is 2.85. The van der Waals surface area contributed by atoms with Gasteiger partial charge < -0.3 is 15.2 Å². The van der Waals surface area contributed by atoms with Gasteiger partial charge in [0, 0.05) is 0 Å². The Kier molecular flexibility index (Phi) is 14.6. The standard InChI is InChI=1S/C18H25N5O2.2C2H6/c1-4-5-6-13-7-9-14(10-8-13)12-20-17(19)23-18-21-15(24-2)11-16(22-18)25-3;2*1-2/h7-11H,4-6,12H2,1-3H3,(H3,19,20,21,22,23);2*1-2H3. The van der Waals surface area contributed by atoms with Crippen LogP contribution in [-0.4, -0.2) is 30.1 Å². The maximum absolute atomic E-state index is 5.91. The van der Waals surface area contributed by atoms with Gasteiger partial charge in [-0.05, 0) is 24.0 Å². The molecule has 0 atom stereocenters. The lowest BCUT2D eigenvalue weighted by Gasteiger charge is -2.08. The molecule has 0 fully saturated rings. The largest absolute Gasteiger partial charge is 0.481 e. The van der Waals surface area contributed by atoms with Gasteiger partial charge in [0.15, 0.2) is 5.96 Å². The molecule has 0 spiro atoms. The third kappa shape index (κ3) is 10.3. The highest BCUT2D eigenvalue weighted by Crippen LogP contribution is 2.17. The molecule has 29 heavy (non-hydrogen) atoms. The zero-order valence-electron chi connectivity index (χ0n) is 19.0. The Bertz CT molecular complexity index is 681. The van der Waals surface area contributed by atoms with Gasteiger partial charge in [-0.3, -0.25) is 5.32 Å². The fraction of sp³-hybridized carbons (Fsp3) is 0.500. The molecule has 0 radical (unpaired) electrons. The lowest BCUT2D eigenvalue weighted by molar-refractivity contribution is 0.373. The average molecular weight is 404 g/mol. The van der Waals surface area contributed by atoms with Crippen molar-refractivity contribution >= 4 is 11.9 Å². The highest BCUT2D eigenvalue weighted by Gasteiger charge is 2.06. The zero-order valence-corrected chi connectivity index (χ0v) is 19.0.